The van der Waals surface area contributed by atoms with E-state index in [-0.39, 0.29) is 18.2 Å². The predicted molar refractivity (Wildman–Crippen MR) is 80.1 cm³/mol. The maximum Gasteiger partial charge on any atom is 0.322 e. The van der Waals surface area contributed by atoms with E-state index in [2.05, 4.69) is 5.32 Å². The van der Waals surface area contributed by atoms with E-state index >= 15 is 0 Å². The molecule has 116 valence electrons. The number of carbonyl (C=O) groups is 1. The van der Waals surface area contributed by atoms with Gasteiger partial charge in [0.1, 0.15) is 17.2 Å². The first kappa shape index (κ1) is 15.4. The van der Waals surface area contributed by atoms with Crippen molar-refractivity contribution in [3.8, 4) is 11.5 Å². The molecule has 2 amide bonds. The van der Waals surface area contributed by atoms with Crippen molar-refractivity contribution < 1.29 is 19.0 Å². The Balaban J connectivity index is 2.15. The number of para-hydroxylation sites is 1. The Kier molecular flexibility index (Phi) is 4.90. The smallest absolute Gasteiger partial charge is 0.322 e. The Bertz CT molecular complexity index is 474. The Morgan fingerprint density at radius 3 is 2.19 bits per heavy atom. The van der Waals surface area contributed by atoms with Crippen LogP contribution in [0.25, 0.3) is 0 Å². The Morgan fingerprint density at radius 1 is 1.19 bits per heavy atom. The predicted octanol–water partition coefficient (Wildman–Crippen LogP) is 2.34. The Morgan fingerprint density at radius 2 is 1.71 bits per heavy atom. The van der Waals surface area contributed by atoms with Gasteiger partial charge in [0, 0.05) is 13.1 Å². The number of urea groups is 1. The normalized spacial score (nSPS) is 21.8. The standard InChI is InChI=1S/C15H22N2O4/c1-10-8-17(9-11(2)21-10)15(18)16-14-12(19-3)6-5-7-13(14)20-4/h5-7,10-11H,8-9H2,1-4H3,(H,16,18). The van der Waals surface area contributed by atoms with Crippen LogP contribution in [0.5, 0.6) is 11.5 Å². The van der Waals surface area contributed by atoms with Crippen molar-refractivity contribution in [1.82, 2.24) is 4.90 Å². The maximum absolute atomic E-state index is 12.4. The number of anilines is 1. The molecule has 1 aliphatic heterocycles. The van der Waals surface area contributed by atoms with Crippen LogP contribution < -0.4 is 14.8 Å². The van der Waals surface area contributed by atoms with E-state index in [1.165, 1.54) is 0 Å². The molecule has 2 atom stereocenters. The summed E-state index contributed by atoms with van der Waals surface area (Å²) in [4.78, 5) is 14.2. The third-order valence-corrected chi connectivity index (χ3v) is 3.37. The first-order chi connectivity index (χ1) is 10.0. The molecule has 0 spiro atoms. The van der Waals surface area contributed by atoms with E-state index in [0.29, 0.717) is 30.3 Å². The molecule has 21 heavy (non-hydrogen) atoms. The second-order valence-corrected chi connectivity index (χ2v) is 5.13. The van der Waals surface area contributed by atoms with Crippen LogP contribution in [0.2, 0.25) is 0 Å². The molecule has 1 saturated heterocycles. The minimum absolute atomic E-state index is 0.0269. The van der Waals surface area contributed by atoms with Crippen molar-refractivity contribution in [3.63, 3.8) is 0 Å². The number of carbonyl (C=O) groups excluding carboxylic acids is 1. The fourth-order valence-corrected chi connectivity index (χ4v) is 2.50. The Labute approximate surface area is 125 Å². The van der Waals surface area contributed by atoms with Crippen molar-refractivity contribution in [2.24, 2.45) is 0 Å². The molecule has 0 aromatic heterocycles. The lowest BCUT2D eigenvalue weighted by atomic mass is 10.2. The monoisotopic (exact) mass is 294 g/mol. The van der Waals surface area contributed by atoms with Gasteiger partial charge >= 0.3 is 6.03 Å². The van der Waals surface area contributed by atoms with Gasteiger partial charge in [0.2, 0.25) is 0 Å². The van der Waals surface area contributed by atoms with Gasteiger partial charge < -0.3 is 24.4 Å². The average Bonchev–Trinajstić information content (AvgIpc) is 2.46. The van der Waals surface area contributed by atoms with E-state index < -0.39 is 0 Å². The fourth-order valence-electron chi connectivity index (χ4n) is 2.50. The molecular weight excluding hydrogens is 272 g/mol. The summed E-state index contributed by atoms with van der Waals surface area (Å²) in [6, 6.07) is 5.19. The molecule has 1 fully saturated rings. The van der Waals surface area contributed by atoms with Gasteiger partial charge in [0.05, 0.1) is 26.4 Å². The zero-order chi connectivity index (χ0) is 15.4. The van der Waals surface area contributed by atoms with Crippen molar-refractivity contribution in [2.75, 3.05) is 32.6 Å². The summed E-state index contributed by atoms with van der Waals surface area (Å²) in [6.45, 7) is 5.04. The average molecular weight is 294 g/mol. The molecular formula is C15H22N2O4. The molecule has 1 aromatic rings. The van der Waals surface area contributed by atoms with Crippen LogP contribution in [0.3, 0.4) is 0 Å². The highest BCUT2D eigenvalue weighted by molar-refractivity contribution is 5.93. The number of morpholine rings is 1. The molecule has 0 bridgehead atoms. The summed E-state index contributed by atoms with van der Waals surface area (Å²) in [5, 5.41) is 2.87. The minimum Gasteiger partial charge on any atom is -0.494 e. The summed E-state index contributed by atoms with van der Waals surface area (Å²) < 4.78 is 16.2. The van der Waals surface area contributed by atoms with Gasteiger partial charge in [-0.3, -0.25) is 0 Å². The van der Waals surface area contributed by atoms with Crippen LogP contribution in [0, 0.1) is 0 Å². The molecule has 1 aromatic carbocycles. The molecule has 0 saturated carbocycles. The molecule has 0 radical (unpaired) electrons. The maximum atomic E-state index is 12.4. The summed E-state index contributed by atoms with van der Waals surface area (Å²) >= 11 is 0. The molecule has 6 nitrogen and oxygen atoms in total. The number of amides is 2. The van der Waals surface area contributed by atoms with E-state index in [1.807, 2.05) is 19.9 Å². The van der Waals surface area contributed by atoms with Crippen molar-refractivity contribution in [3.05, 3.63) is 18.2 Å². The Hall–Kier alpha value is -1.95. The minimum atomic E-state index is -0.181. The first-order valence-corrected chi connectivity index (χ1v) is 6.97. The van der Waals surface area contributed by atoms with Gasteiger partial charge in [-0.2, -0.15) is 0 Å². The molecule has 1 aliphatic rings. The quantitative estimate of drug-likeness (QED) is 0.929. The lowest BCUT2D eigenvalue weighted by Crippen LogP contribution is -2.49. The molecule has 0 aliphatic carbocycles. The molecule has 2 rings (SSSR count). The fraction of sp³-hybridized carbons (Fsp3) is 0.533. The third kappa shape index (κ3) is 3.58. The van der Waals surface area contributed by atoms with Crippen molar-refractivity contribution in [1.29, 1.82) is 0 Å². The van der Waals surface area contributed by atoms with E-state index in [4.69, 9.17) is 14.2 Å². The summed E-state index contributed by atoms with van der Waals surface area (Å²) in [6.07, 6.45) is 0.0538. The second kappa shape index (κ2) is 6.67. The van der Waals surface area contributed by atoms with E-state index in [1.54, 1.807) is 31.3 Å². The van der Waals surface area contributed by atoms with Crippen LogP contribution in [0.1, 0.15) is 13.8 Å². The van der Waals surface area contributed by atoms with Gasteiger partial charge in [-0.1, -0.05) is 6.07 Å². The molecule has 2 unspecified atom stereocenters. The van der Waals surface area contributed by atoms with Crippen LogP contribution in [0.15, 0.2) is 18.2 Å². The number of rotatable bonds is 3. The number of nitrogens with zero attached hydrogens (tertiary/aromatic N) is 1. The van der Waals surface area contributed by atoms with Crippen molar-refractivity contribution in [2.45, 2.75) is 26.1 Å². The molecule has 1 heterocycles. The summed E-state index contributed by atoms with van der Waals surface area (Å²) in [5.74, 6) is 1.13. The van der Waals surface area contributed by atoms with Gasteiger partial charge in [-0.15, -0.1) is 0 Å². The third-order valence-electron chi connectivity index (χ3n) is 3.37. The SMILES string of the molecule is COc1cccc(OC)c1NC(=O)N1CC(C)OC(C)C1. The molecule has 1 N–H and O–H groups in total. The van der Waals surface area contributed by atoms with E-state index in [9.17, 15) is 4.79 Å². The highest BCUT2D eigenvalue weighted by Gasteiger charge is 2.27. The van der Waals surface area contributed by atoms with Crippen molar-refractivity contribution >= 4 is 11.7 Å². The lowest BCUT2D eigenvalue weighted by Gasteiger charge is -2.35. The van der Waals surface area contributed by atoms with Gasteiger partial charge in [-0.05, 0) is 26.0 Å². The highest BCUT2D eigenvalue weighted by atomic mass is 16.5. The molecule has 6 heteroatoms. The van der Waals surface area contributed by atoms with E-state index in [0.717, 1.165) is 0 Å². The number of benzene rings is 1. The number of hydrogen-bond donors (Lipinski definition) is 1. The van der Waals surface area contributed by atoms with Crippen LogP contribution >= 0.6 is 0 Å². The number of nitrogens with one attached hydrogen (secondary N) is 1. The summed E-state index contributed by atoms with van der Waals surface area (Å²) in [7, 11) is 3.12. The zero-order valence-corrected chi connectivity index (χ0v) is 12.9. The van der Waals surface area contributed by atoms with Gasteiger partial charge in [0.15, 0.2) is 0 Å². The number of hydrogen-bond acceptors (Lipinski definition) is 4. The van der Waals surface area contributed by atoms with Gasteiger partial charge in [0.25, 0.3) is 0 Å². The van der Waals surface area contributed by atoms with Crippen LogP contribution in [0.4, 0.5) is 10.5 Å². The number of methoxy groups -OCH3 is 2. The second-order valence-electron chi connectivity index (χ2n) is 5.13. The van der Waals surface area contributed by atoms with Crippen LogP contribution in [-0.4, -0.2) is 50.4 Å². The lowest BCUT2D eigenvalue weighted by molar-refractivity contribution is -0.0530. The van der Waals surface area contributed by atoms with Crippen LogP contribution in [-0.2, 0) is 4.74 Å². The topological polar surface area (TPSA) is 60.0 Å². The zero-order valence-electron chi connectivity index (χ0n) is 12.9. The number of ether oxygens (including phenoxy) is 3. The largest absolute Gasteiger partial charge is 0.494 e. The first-order valence-electron chi connectivity index (χ1n) is 6.97. The highest BCUT2D eigenvalue weighted by Crippen LogP contribution is 2.34. The van der Waals surface area contributed by atoms with Gasteiger partial charge in [-0.25, -0.2) is 4.79 Å². The summed E-state index contributed by atoms with van der Waals surface area (Å²) in [5.41, 5.74) is 0.541.